The van der Waals surface area contributed by atoms with Gasteiger partial charge in [-0.3, -0.25) is 14.5 Å². The zero-order valence-corrected chi connectivity index (χ0v) is 16.4. The van der Waals surface area contributed by atoms with Gasteiger partial charge < -0.3 is 15.4 Å². The van der Waals surface area contributed by atoms with Gasteiger partial charge in [-0.1, -0.05) is 19.4 Å². The molecule has 1 heterocycles. The number of methoxy groups -OCH3 is 1. The third kappa shape index (κ3) is 5.66. The van der Waals surface area contributed by atoms with E-state index in [0.29, 0.717) is 12.0 Å². The quantitative estimate of drug-likeness (QED) is 0.722. The molecule has 27 heavy (non-hydrogen) atoms. The monoisotopic (exact) mass is 379 g/mol. The highest BCUT2D eigenvalue weighted by molar-refractivity contribution is 5.83. The molecule has 1 fully saturated rings. The molecule has 2 rings (SSSR count). The zero-order valence-electron chi connectivity index (χ0n) is 16.4. The van der Waals surface area contributed by atoms with E-state index in [-0.39, 0.29) is 30.2 Å². The molecule has 2 unspecified atom stereocenters. The number of benzene rings is 1. The summed E-state index contributed by atoms with van der Waals surface area (Å²) in [5.41, 5.74) is 0.684. The van der Waals surface area contributed by atoms with Crippen LogP contribution < -0.4 is 15.4 Å². The molecule has 2 N–H and O–H groups in total. The lowest BCUT2D eigenvalue weighted by molar-refractivity contribution is -0.128. The first-order valence-electron chi connectivity index (χ1n) is 9.55. The van der Waals surface area contributed by atoms with Crippen LogP contribution in [0.1, 0.15) is 31.7 Å². The van der Waals surface area contributed by atoms with Crippen LogP contribution in [-0.4, -0.2) is 56.5 Å². The van der Waals surface area contributed by atoms with Crippen LogP contribution >= 0.6 is 0 Å². The lowest BCUT2D eigenvalue weighted by Gasteiger charge is -2.34. The summed E-state index contributed by atoms with van der Waals surface area (Å²) in [5.74, 6) is -0.977. The van der Waals surface area contributed by atoms with Crippen molar-refractivity contribution in [2.45, 2.75) is 38.6 Å². The van der Waals surface area contributed by atoms with E-state index in [1.165, 1.54) is 13.2 Å². The van der Waals surface area contributed by atoms with Gasteiger partial charge >= 0.3 is 0 Å². The first-order valence-corrected chi connectivity index (χ1v) is 9.55. The second-order valence-corrected chi connectivity index (χ2v) is 6.87. The fourth-order valence-corrected chi connectivity index (χ4v) is 3.59. The van der Waals surface area contributed by atoms with E-state index in [9.17, 15) is 14.0 Å². The van der Waals surface area contributed by atoms with Gasteiger partial charge in [-0.05, 0) is 50.0 Å². The number of nitrogens with one attached hydrogen (secondary N) is 2. The summed E-state index contributed by atoms with van der Waals surface area (Å²) in [5, 5.41) is 5.56. The van der Waals surface area contributed by atoms with Crippen LogP contribution in [0.25, 0.3) is 0 Å². The summed E-state index contributed by atoms with van der Waals surface area (Å²) >= 11 is 0. The molecule has 0 bridgehead atoms. The Morgan fingerprint density at radius 1 is 1.37 bits per heavy atom. The number of halogens is 1. The highest BCUT2D eigenvalue weighted by Crippen LogP contribution is 2.20. The Bertz CT molecular complexity index is 653. The van der Waals surface area contributed by atoms with Crippen molar-refractivity contribution in [1.29, 1.82) is 0 Å². The van der Waals surface area contributed by atoms with E-state index < -0.39 is 11.7 Å². The molecule has 6 nitrogen and oxygen atoms in total. The van der Waals surface area contributed by atoms with Crippen molar-refractivity contribution in [3.8, 4) is 5.75 Å². The van der Waals surface area contributed by atoms with E-state index >= 15 is 0 Å². The van der Waals surface area contributed by atoms with Gasteiger partial charge in [0, 0.05) is 13.6 Å². The normalized spacial score (nSPS) is 18.6. The Morgan fingerprint density at radius 3 is 2.78 bits per heavy atom. The largest absolute Gasteiger partial charge is 0.494 e. The molecule has 1 saturated heterocycles. The van der Waals surface area contributed by atoms with Gasteiger partial charge in [-0.15, -0.1) is 0 Å². The highest BCUT2D eigenvalue weighted by Gasteiger charge is 2.28. The molecule has 1 aliphatic rings. The number of hydrogen-bond acceptors (Lipinski definition) is 4. The molecule has 1 aliphatic heterocycles. The summed E-state index contributed by atoms with van der Waals surface area (Å²) in [6.07, 6.45) is 3.33. The SMILES string of the molecule is CCN1CCCCC1C(=O)NCC(Cc1ccc(OC)c(F)c1)C(=O)NC. The number of piperidine rings is 1. The molecular formula is C20H30FN3O3. The minimum absolute atomic E-state index is 0.0358. The molecule has 0 saturated carbocycles. The van der Waals surface area contributed by atoms with Crippen molar-refractivity contribution in [2.24, 2.45) is 5.92 Å². The Balaban J connectivity index is 2.01. The van der Waals surface area contributed by atoms with Crippen LogP contribution in [0.2, 0.25) is 0 Å². The third-order valence-corrected chi connectivity index (χ3v) is 5.16. The maximum atomic E-state index is 13.9. The van der Waals surface area contributed by atoms with Crippen molar-refractivity contribution < 1.29 is 18.7 Å². The van der Waals surface area contributed by atoms with E-state index in [1.54, 1.807) is 19.2 Å². The Morgan fingerprint density at radius 2 is 2.15 bits per heavy atom. The Hall–Kier alpha value is -2.15. The predicted molar refractivity (Wildman–Crippen MR) is 102 cm³/mol. The smallest absolute Gasteiger partial charge is 0.237 e. The fourth-order valence-electron chi connectivity index (χ4n) is 3.59. The molecule has 2 atom stereocenters. The maximum absolute atomic E-state index is 13.9. The number of amides is 2. The number of carbonyl (C=O) groups is 2. The molecular weight excluding hydrogens is 349 g/mol. The van der Waals surface area contributed by atoms with Crippen LogP contribution in [-0.2, 0) is 16.0 Å². The number of ether oxygens (including phenoxy) is 1. The number of nitrogens with zero attached hydrogens (tertiary/aromatic N) is 1. The number of likely N-dealkylation sites (N-methyl/N-ethyl adjacent to an activating group) is 1. The number of carbonyl (C=O) groups excluding carboxylic acids is 2. The summed E-state index contributed by atoms with van der Waals surface area (Å²) in [6, 6.07) is 4.52. The maximum Gasteiger partial charge on any atom is 0.237 e. The van der Waals surface area contributed by atoms with Gasteiger partial charge in [0.25, 0.3) is 0 Å². The number of likely N-dealkylation sites (tertiary alicyclic amines) is 1. The van der Waals surface area contributed by atoms with E-state index in [4.69, 9.17) is 4.74 Å². The van der Waals surface area contributed by atoms with Crippen molar-refractivity contribution in [2.75, 3.05) is 33.8 Å². The highest BCUT2D eigenvalue weighted by atomic mass is 19.1. The third-order valence-electron chi connectivity index (χ3n) is 5.16. The molecule has 0 aliphatic carbocycles. The first-order chi connectivity index (χ1) is 13.0. The van der Waals surface area contributed by atoms with Crippen LogP contribution in [0.5, 0.6) is 5.75 Å². The Labute approximate surface area is 160 Å². The average molecular weight is 379 g/mol. The van der Waals surface area contributed by atoms with Gasteiger partial charge in [0.05, 0.1) is 19.1 Å². The van der Waals surface area contributed by atoms with Crippen LogP contribution in [0.4, 0.5) is 4.39 Å². The topological polar surface area (TPSA) is 70.7 Å². The van der Waals surface area contributed by atoms with Crippen LogP contribution in [0, 0.1) is 11.7 Å². The molecule has 1 aromatic rings. The predicted octanol–water partition coefficient (Wildman–Crippen LogP) is 1.73. The van der Waals surface area contributed by atoms with Gasteiger partial charge in [0.2, 0.25) is 11.8 Å². The van der Waals surface area contributed by atoms with Crippen molar-refractivity contribution >= 4 is 11.8 Å². The van der Waals surface area contributed by atoms with E-state index in [2.05, 4.69) is 22.5 Å². The second kappa shape index (κ2) is 10.3. The van der Waals surface area contributed by atoms with Gasteiger partial charge in [0.1, 0.15) is 0 Å². The lowest BCUT2D eigenvalue weighted by atomic mass is 9.97. The lowest BCUT2D eigenvalue weighted by Crippen LogP contribution is -2.51. The van der Waals surface area contributed by atoms with Gasteiger partial charge in [-0.25, -0.2) is 4.39 Å². The number of hydrogen-bond donors (Lipinski definition) is 2. The van der Waals surface area contributed by atoms with Crippen molar-refractivity contribution in [1.82, 2.24) is 15.5 Å². The summed E-state index contributed by atoms with van der Waals surface area (Å²) in [4.78, 5) is 27.0. The van der Waals surface area contributed by atoms with E-state index in [1.807, 2.05) is 0 Å². The Kier molecular flexibility index (Phi) is 8.03. The second-order valence-electron chi connectivity index (χ2n) is 6.87. The number of rotatable bonds is 8. The molecule has 2 amide bonds. The molecule has 1 aromatic carbocycles. The molecule has 7 heteroatoms. The van der Waals surface area contributed by atoms with Gasteiger partial charge in [-0.2, -0.15) is 0 Å². The van der Waals surface area contributed by atoms with Crippen molar-refractivity contribution in [3.05, 3.63) is 29.6 Å². The molecule has 0 aromatic heterocycles. The zero-order chi connectivity index (χ0) is 19.8. The molecule has 150 valence electrons. The molecule has 0 spiro atoms. The minimum Gasteiger partial charge on any atom is -0.494 e. The average Bonchev–Trinajstić information content (AvgIpc) is 2.70. The van der Waals surface area contributed by atoms with Crippen LogP contribution in [0.3, 0.4) is 0 Å². The van der Waals surface area contributed by atoms with Crippen molar-refractivity contribution in [3.63, 3.8) is 0 Å². The van der Waals surface area contributed by atoms with E-state index in [0.717, 1.165) is 32.4 Å². The molecule has 0 radical (unpaired) electrons. The standard InChI is InChI=1S/C20H30FN3O3/c1-4-24-10-6-5-7-17(24)20(26)23-13-15(19(25)22-2)11-14-8-9-18(27-3)16(21)12-14/h8-9,12,15,17H,4-7,10-11,13H2,1-3H3,(H,22,25)(H,23,26). The minimum atomic E-state index is -0.467. The van der Waals surface area contributed by atoms with Gasteiger partial charge in [0.15, 0.2) is 11.6 Å². The fraction of sp³-hybridized carbons (Fsp3) is 0.600. The van der Waals surface area contributed by atoms with Crippen LogP contribution in [0.15, 0.2) is 18.2 Å². The summed E-state index contributed by atoms with van der Waals surface area (Å²) in [7, 11) is 2.97. The first kappa shape index (κ1) is 21.2. The summed E-state index contributed by atoms with van der Waals surface area (Å²) in [6.45, 7) is 4.04. The summed E-state index contributed by atoms with van der Waals surface area (Å²) < 4.78 is 18.8.